The Morgan fingerprint density at radius 3 is 2.81 bits per heavy atom. The number of nitro groups is 1. The quantitative estimate of drug-likeness (QED) is 0.616. The molecule has 2 heterocycles. The topological polar surface area (TPSA) is 83.8 Å². The summed E-state index contributed by atoms with van der Waals surface area (Å²) in [5, 5.41) is 10.8. The Kier molecular flexibility index (Phi) is 3.68. The molecule has 0 bridgehead atoms. The number of hydrogen-bond acceptors (Lipinski definition) is 5. The molecule has 2 aliphatic heterocycles. The monoisotopic (exact) mass is 311 g/mol. The van der Waals surface area contributed by atoms with E-state index < -0.39 is 14.9 Å². The van der Waals surface area contributed by atoms with E-state index in [0.717, 1.165) is 32.0 Å². The molecule has 0 saturated carbocycles. The van der Waals surface area contributed by atoms with Gasteiger partial charge in [0.1, 0.15) is 0 Å². The zero-order valence-electron chi connectivity index (χ0n) is 11.5. The standard InChI is InChI=1S/C13H17N3O4S/c17-16(18)11-3-1-5-13(9-11)21(19,20)15-8-7-14-6-2-4-12(14)10-15/h1,3,5,9,12H,2,4,6-8,10H2. The van der Waals surface area contributed by atoms with E-state index in [2.05, 4.69) is 4.90 Å². The van der Waals surface area contributed by atoms with Crippen LogP contribution in [-0.2, 0) is 10.0 Å². The Morgan fingerprint density at radius 2 is 2.05 bits per heavy atom. The number of rotatable bonds is 3. The molecule has 0 amide bonds. The highest BCUT2D eigenvalue weighted by molar-refractivity contribution is 7.89. The van der Waals surface area contributed by atoms with Crippen LogP contribution in [0.4, 0.5) is 5.69 Å². The van der Waals surface area contributed by atoms with Crippen LogP contribution < -0.4 is 0 Å². The minimum atomic E-state index is -3.65. The van der Waals surface area contributed by atoms with Crippen LogP contribution in [0.1, 0.15) is 12.8 Å². The molecular weight excluding hydrogens is 294 g/mol. The predicted octanol–water partition coefficient (Wildman–Crippen LogP) is 1.06. The molecular formula is C13H17N3O4S. The zero-order valence-corrected chi connectivity index (χ0v) is 12.3. The second-order valence-electron chi connectivity index (χ2n) is 5.45. The Morgan fingerprint density at radius 1 is 1.24 bits per heavy atom. The molecule has 1 unspecified atom stereocenters. The van der Waals surface area contributed by atoms with Crippen molar-refractivity contribution < 1.29 is 13.3 Å². The summed E-state index contributed by atoms with van der Waals surface area (Å²) in [6.45, 7) is 2.70. The molecule has 1 atom stereocenters. The van der Waals surface area contributed by atoms with Crippen LogP contribution in [0.25, 0.3) is 0 Å². The summed E-state index contributed by atoms with van der Waals surface area (Å²) in [7, 11) is -3.65. The smallest absolute Gasteiger partial charge is 0.270 e. The molecule has 0 spiro atoms. The first-order valence-corrected chi connectivity index (χ1v) is 8.41. The van der Waals surface area contributed by atoms with Gasteiger partial charge in [0.15, 0.2) is 0 Å². The maximum absolute atomic E-state index is 12.6. The fraction of sp³-hybridized carbons (Fsp3) is 0.538. The number of fused-ring (bicyclic) bond motifs is 1. The molecule has 0 N–H and O–H groups in total. The number of benzene rings is 1. The molecule has 2 fully saturated rings. The molecule has 8 heteroatoms. The second-order valence-corrected chi connectivity index (χ2v) is 7.39. The minimum absolute atomic E-state index is 0.00291. The van der Waals surface area contributed by atoms with Crippen molar-refractivity contribution in [2.75, 3.05) is 26.2 Å². The van der Waals surface area contributed by atoms with Gasteiger partial charge in [0.05, 0.1) is 9.82 Å². The molecule has 114 valence electrons. The molecule has 21 heavy (non-hydrogen) atoms. The third kappa shape index (κ3) is 2.66. The molecule has 0 aliphatic carbocycles. The van der Waals surface area contributed by atoms with E-state index in [1.807, 2.05) is 0 Å². The van der Waals surface area contributed by atoms with Gasteiger partial charge < -0.3 is 0 Å². The summed E-state index contributed by atoms with van der Waals surface area (Å²) in [4.78, 5) is 12.5. The average molecular weight is 311 g/mol. The predicted molar refractivity (Wildman–Crippen MR) is 76.5 cm³/mol. The van der Waals surface area contributed by atoms with E-state index in [4.69, 9.17) is 0 Å². The second kappa shape index (κ2) is 5.36. The van der Waals surface area contributed by atoms with Gasteiger partial charge in [-0.2, -0.15) is 4.31 Å². The van der Waals surface area contributed by atoms with Crippen molar-refractivity contribution in [2.24, 2.45) is 0 Å². The Bertz CT molecular complexity index is 661. The highest BCUT2D eigenvalue weighted by atomic mass is 32.2. The lowest BCUT2D eigenvalue weighted by molar-refractivity contribution is -0.385. The van der Waals surface area contributed by atoms with Crippen molar-refractivity contribution in [3.63, 3.8) is 0 Å². The van der Waals surface area contributed by atoms with Gasteiger partial charge in [0, 0.05) is 37.8 Å². The lowest BCUT2D eigenvalue weighted by Crippen LogP contribution is -2.51. The summed E-state index contributed by atoms with van der Waals surface area (Å²) in [6, 6.07) is 5.55. The SMILES string of the molecule is O=[N+]([O-])c1cccc(S(=O)(=O)N2CCN3CCCC3C2)c1. The Labute approximate surface area is 123 Å². The van der Waals surface area contributed by atoms with Crippen LogP contribution in [-0.4, -0.2) is 54.8 Å². The van der Waals surface area contributed by atoms with Crippen LogP contribution in [0.5, 0.6) is 0 Å². The molecule has 0 aromatic heterocycles. The summed E-state index contributed by atoms with van der Waals surface area (Å²) in [5.41, 5.74) is -0.199. The number of non-ortho nitro benzene ring substituents is 1. The van der Waals surface area contributed by atoms with Gasteiger partial charge in [-0.15, -0.1) is 0 Å². The molecule has 2 aliphatic rings. The van der Waals surface area contributed by atoms with E-state index in [0.29, 0.717) is 13.1 Å². The number of piperazine rings is 1. The van der Waals surface area contributed by atoms with E-state index >= 15 is 0 Å². The van der Waals surface area contributed by atoms with Gasteiger partial charge >= 0.3 is 0 Å². The molecule has 2 saturated heterocycles. The van der Waals surface area contributed by atoms with Gasteiger partial charge in [-0.1, -0.05) is 6.07 Å². The summed E-state index contributed by atoms with van der Waals surface area (Å²) in [6.07, 6.45) is 2.12. The van der Waals surface area contributed by atoms with Gasteiger partial charge in [0.2, 0.25) is 10.0 Å². The number of sulfonamides is 1. The lowest BCUT2D eigenvalue weighted by atomic mass is 10.2. The highest BCUT2D eigenvalue weighted by Gasteiger charge is 2.36. The third-order valence-corrected chi connectivity index (χ3v) is 6.08. The van der Waals surface area contributed by atoms with Crippen molar-refractivity contribution >= 4 is 15.7 Å². The van der Waals surface area contributed by atoms with Crippen molar-refractivity contribution in [2.45, 2.75) is 23.8 Å². The highest BCUT2D eigenvalue weighted by Crippen LogP contribution is 2.27. The van der Waals surface area contributed by atoms with Crippen molar-refractivity contribution in [1.82, 2.24) is 9.21 Å². The van der Waals surface area contributed by atoms with Gasteiger partial charge in [-0.25, -0.2) is 8.42 Å². The molecule has 3 rings (SSSR count). The third-order valence-electron chi connectivity index (χ3n) is 4.22. The van der Waals surface area contributed by atoms with E-state index in [-0.39, 0.29) is 16.6 Å². The van der Waals surface area contributed by atoms with Crippen molar-refractivity contribution in [3.05, 3.63) is 34.4 Å². The van der Waals surface area contributed by atoms with Gasteiger partial charge in [0.25, 0.3) is 5.69 Å². The fourth-order valence-electron chi connectivity index (χ4n) is 3.09. The minimum Gasteiger partial charge on any atom is -0.298 e. The molecule has 0 radical (unpaired) electrons. The largest absolute Gasteiger partial charge is 0.298 e. The summed E-state index contributed by atoms with van der Waals surface area (Å²) in [5.74, 6) is 0. The first-order chi connectivity index (χ1) is 9.98. The number of hydrogen-bond donors (Lipinski definition) is 0. The Hall–Kier alpha value is -1.51. The lowest BCUT2D eigenvalue weighted by Gasteiger charge is -2.36. The van der Waals surface area contributed by atoms with Crippen LogP contribution >= 0.6 is 0 Å². The average Bonchev–Trinajstić information content (AvgIpc) is 2.94. The Balaban J connectivity index is 1.86. The van der Waals surface area contributed by atoms with Crippen LogP contribution in [0.2, 0.25) is 0 Å². The molecule has 1 aromatic carbocycles. The molecule has 7 nitrogen and oxygen atoms in total. The van der Waals surface area contributed by atoms with E-state index in [1.54, 1.807) is 0 Å². The summed E-state index contributed by atoms with van der Waals surface area (Å²) < 4.78 is 26.7. The zero-order chi connectivity index (χ0) is 15.0. The maximum Gasteiger partial charge on any atom is 0.270 e. The van der Waals surface area contributed by atoms with Crippen LogP contribution in [0.15, 0.2) is 29.2 Å². The maximum atomic E-state index is 12.6. The molecule has 1 aromatic rings. The first-order valence-electron chi connectivity index (χ1n) is 6.97. The number of nitrogens with zero attached hydrogens (tertiary/aromatic N) is 3. The van der Waals surface area contributed by atoms with Crippen molar-refractivity contribution in [3.8, 4) is 0 Å². The summed E-state index contributed by atoms with van der Waals surface area (Å²) >= 11 is 0. The van der Waals surface area contributed by atoms with Crippen LogP contribution in [0, 0.1) is 10.1 Å². The first kappa shape index (κ1) is 14.4. The van der Waals surface area contributed by atoms with E-state index in [9.17, 15) is 18.5 Å². The fourth-order valence-corrected chi connectivity index (χ4v) is 4.60. The van der Waals surface area contributed by atoms with Crippen molar-refractivity contribution in [1.29, 1.82) is 0 Å². The number of nitro benzene ring substituents is 1. The van der Waals surface area contributed by atoms with Gasteiger partial charge in [-0.3, -0.25) is 15.0 Å². The normalized spacial score (nSPS) is 23.9. The van der Waals surface area contributed by atoms with Crippen LogP contribution in [0.3, 0.4) is 0 Å². The van der Waals surface area contributed by atoms with E-state index in [1.165, 1.54) is 22.5 Å². The van der Waals surface area contributed by atoms with Gasteiger partial charge in [-0.05, 0) is 25.5 Å².